The Kier molecular flexibility index (Phi) is 4.91. The summed E-state index contributed by atoms with van der Waals surface area (Å²) in [7, 11) is -0.245. The Morgan fingerprint density at radius 2 is 2.12 bits per heavy atom. The summed E-state index contributed by atoms with van der Waals surface area (Å²) >= 11 is 0. The van der Waals surface area contributed by atoms with Crippen molar-refractivity contribution >= 4 is 16.0 Å². The minimum atomic E-state index is -3.38. The normalized spacial score (nSPS) is 23.8. The standard InChI is InChI=1S/C10H20N2O4S/c1-4-5-6-16-10(13)8-12(3)17(14,15)9-7-11(9)2/h9H,4-8H2,1-3H3/t9-,11?/m0/s1. The van der Waals surface area contributed by atoms with Crippen LogP contribution >= 0.6 is 0 Å². The van der Waals surface area contributed by atoms with Crippen LogP contribution < -0.4 is 0 Å². The number of esters is 1. The highest BCUT2D eigenvalue weighted by molar-refractivity contribution is 7.90. The number of sulfonamides is 1. The molecule has 6 nitrogen and oxygen atoms in total. The largest absolute Gasteiger partial charge is 0.465 e. The summed E-state index contributed by atoms with van der Waals surface area (Å²) in [6.07, 6.45) is 1.74. The molecule has 0 aromatic heterocycles. The van der Waals surface area contributed by atoms with Crippen LogP contribution in [0.1, 0.15) is 19.8 Å². The smallest absolute Gasteiger partial charge is 0.321 e. The molecule has 1 saturated heterocycles. The second-order valence-electron chi connectivity index (χ2n) is 4.27. The molecule has 0 aromatic carbocycles. The Morgan fingerprint density at radius 1 is 1.53 bits per heavy atom. The molecule has 2 atom stereocenters. The molecule has 0 N–H and O–H groups in total. The van der Waals surface area contributed by atoms with Gasteiger partial charge >= 0.3 is 5.97 Å². The lowest BCUT2D eigenvalue weighted by Crippen LogP contribution is -2.36. The van der Waals surface area contributed by atoms with E-state index in [0.717, 1.165) is 17.1 Å². The Labute approximate surface area is 103 Å². The van der Waals surface area contributed by atoms with Crippen molar-refractivity contribution in [2.75, 3.05) is 33.8 Å². The number of ether oxygens (including phenoxy) is 1. The van der Waals surface area contributed by atoms with E-state index in [2.05, 4.69) is 0 Å². The number of carbonyl (C=O) groups is 1. The number of hydrogen-bond donors (Lipinski definition) is 0. The molecule has 0 amide bonds. The molecule has 0 spiro atoms. The Balaban J connectivity index is 2.38. The van der Waals surface area contributed by atoms with Gasteiger partial charge in [0.1, 0.15) is 11.9 Å². The quantitative estimate of drug-likeness (QED) is 0.364. The van der Waals surface area contributed by atoms with E-state index in [1.54, 1.807) is 11.9 Å². The van der Waals surface area contributed by atoms with E-state index in [9.17, 15) is 13.2 Å². The molecule has 1 fully saturated rings. The van der Waals surface area contributed by atoms with Crippen LogP contribution in [0.2, 0.25) is 0 Å². The van der Waals surface area contributed by atoms with Gasteiger partial charge in [-0.25, -0.2) is 8.42 Å². The lowest BCUT2D eigenvalue weighted by Gasteiger charge is -2.15. The van der Waals surface area contributed by atoms with E-state index in [4.69, 9.17) is 4.74 Å². The summed E-state index contributed by atoms with van der Waals surface area (Å²) in [4.78, 5) is 13.1. The molecule has 1 unspecified atom stereocenters. The van der Waals surface area contributed by atoms with Crippen molar-refractivity contribution in [2.45, 2.75) is 25.1 Å². The fourth-order valence-electron chi connectivity index (χ4n) is 1.38. The second-order valence-corrected chi connectivity index (χ2v) is 6.47. The summed E-state index contributed by atoms with van der Waals surface area (Å²) in [6.45, 7) is 2.66. The molecule has 1 rings (SSSR count). The molecule has 17 heavy (non-hydrogen) atoms. The zero-order valence-electron chi connectivity index (χ0n) is 10.5. The van der Waals surface area contributed by atoms with Crippen LogP contribution in [-0.2, 0) is 19.6 Å². The van der Waals surface area contributed by atoms with Gasteiger partial charge in [-0.3, -0.25) is 9.69 Å². The van der Waals surface area contributed by atoms with Crippen molar-refractivity contribution in [1.29, 1.82) is 0 Å². The van der Waals surface area contributed by atoms with Crippen molar-refractivity contribution in [1.82, 2.24) is 9.21 Å². The number of hydrogen-bond acceptors (Lipinski definition) is 5. The Bertz CT molecular complexity index is 369. The van der Waals surface area contributed by atoms with Crippen LogP contribution in [0.15, 0.2) is 0 Å². The molecule has 1 aliphatic heterocycles. The molecule has 1 heterocycles. The molecule has 0 radical (unpaired) electrons. The Hall–Kier alpha value is -0.660. The van der Waals surface area contributed by atoms with Gasteiger partial charge in [-0.2, -0.15) is 4.31 Å². The molecule has 0 aromatic rings. The highest BCUT2D eigenvalue weighted by atomic mass is 32.2. The number of carbonyl (C=O) groups excluding carboxylic acids is 1. The first-order chi connectivity index (χ1) is 7.89. The van der Waals surface area contributed by atoms with Crippen LogP contribution in [0.25, 0.3) is 0 Å². The summed E-state index contributed by atoms with van der Waals surface area (Å²) < 4.78 is 29.7. The van der Waals surface area contributed by atoms with Crippen LogP contribution in [-0.4, -0.2) is 62.8 Å². The predicted octanol–water partition coefficient (Wildman–Crippen LogP) is -0.137. The van der Waals surface area contributed by atoms with Crippen LogP contribution in [0, 0.1) is 0 Å². The fourth-order valence-corrected chi connectivity index (χ4v) is 2.96. The zero-order valence-corrected chi connectivity index (χ0v) is 11.4. The molecule has 0 aliphatic carbocycles. The molecule has 7 heteroatoms. The van der Waals surface area contributed by atoms with Crippen molar-refractivity contribution in [3.8, 4) is 0 Å². The third-order valence-corrected chi connectivity index (χ3v) is 4.89. The summed E-state index contributed by atoms with van der Waals surface area (Å²) in [5.41, 5.74) is 0. The molecule has 0 bridgehead atoms. The molecule has 100 valence electrons. The minimum Gasteiger partial charge on any atom is -0.465 e. The number of likely N-dealkylation sites (N-methyl/N-ethyl adjacent to an activating group) is 2. The van der Waals surface area contributed by atoms with E-state index >= 15 is 0 Å². The highest BCUT2D eigenvalue weighted by Gasteiger charge is 2.44. The monoisotopic (exact) mass is 264 g/mol. The second kappa shape index (κ2) is 5.79. The predicted molar refractivity (Wildman–Crippen MR) is 63.8 cm³/mol. The maximum atomic E-state index is 11.8. The van der Waals surface area contributed by atoms with Gasteiger partial charge in [-0.1, -0.05) is 13.3 Å². The van der Waals surface area contributed by atoms with Gasteiger partial charge < -0.3 is 4.74 Å². The third-order valence-electron chi connectivity index (χ3n) is 2.69. The van der Waals surface area contributed by atoms with Gasteiger partial charge in [0.05, 0.1) is 6.61 Å². The van der Waals surface area contributed by atoms with Gasteiger partial charge in [0.2, 0.25) is 10.0 Å². The number of unbranched alkanes of at least 4 members (excludes halogenated alkanes) is 1. The average Bonchev–Trinajstić information content (AvgIpc) is 2.96. The van der Waals surface area contributed by atoms with Gasteiger partial charge in [0.15, 0.2) is 0 Å². The molecular weight excluding hydrogens is 244 g/mol. The lowest BCUT2D eigenvalue weighted by molar-refractivity contribution is -0.143. The topological polar surface area (TPSA) is 66.7 Å². The van der Waals surface area contributed by atoms with Crippen LogP contribution in [0.3, 0.4) is 0 Å². The molecule has 0 saturated carbocycles. The van der Waals surface area contributed by atoms with Gasteiger partial charge in [-0.15, -0.1) is 0 Å². The number of rotatable bonds is 7. The first-order valence-electron chi connectivity index (χ1n) is 5.70. The van der Waals surface area contributed by atoms with Gasteiger partial charge in [-0.05, 0) is 13.5 Å². The molecule has 1 aliphatic rings. The van der Waals surface area contributed by atoms with E-state index < -0.39 is 21.4 Å². The van der Waals surface area contributed by atoms with Crippen molar-refractivity contribution in [3.63, 3.8) is 0 Å². The summed E-state index contributed by atoms with van der Waals surface area (Å²) in [5.74, 6) is -0.493. The van der Waals surface area contributed by atoms with Crippen molar-refractivity contribution in [3.05, 3.63) is 0 Å². The highest BCUT2D eigenvalue weighted by Crippen LogP contribution is 2.22. The third kappa shape index (κ3) is 3.93. The van der Waals surface area contributed by atoms with Gasteiger partial charge in [0, 0.05) is 13.6 Å². The fraction of sp³-hybridized carbons (Fsp3) is 0.900. The number of nitrogens with zero attached hydrogens (tertiary/aromatic N) is 2. The SMILES string of the molecule is CCCCOC(=O)CN(C)S(=O)(=O)[C@H]1CN1C. The lowest BCUT2D eigenvalue weighted by atomic mass is 10.4. The molecular formula is C10H20N2O4S. The maximum absolute atomic E-state index is 11.8. The summed E-state index contributed by atoms with van der Waals surface area (Å²) in [6, 6.07) is 0. The average molecular weight is 264 g/mol. The first kappa shape index (κ1) is 14.4. The van der Waals surface area contributed by atoms with E-state index in [1.165, 1.54) is 7.05 Å². The van der Waals surface area contributed by atoms with Crippen LogP contribution in [0.4, 0.5) is 0 Å². The summed E-state index contributed by atoms with van der Waals surface area (Å²) in [5, 5.41) is -0.476. The van der Waals surface area contributed by atoms with Crippen molar-refractivity contribution in [2.24, 2.45) is 0 Å². The first-order valence-corrected chi connectivity index (χ1v) is 7.21. The van der Waals surface area contributed by atoms with Crippen LogP contribution in [0.5, 0.6) is 0 Å². The van der Waals surface area contributed by atoms with Gasteiger partial charge in [0.25, 0.3) is 0 Å². The van der Waals surface area contributed by atoms with E-state index in [0.29, 0.717) is 13.2 Å². The maximum Gasteiger partial charge on any atom is 0.321 e. The van der Waals surface area contributed by atoms with Crippen molar-refractivity contribution < 1.29 is 17.9 Å². The van der Waals surface area contributed by atoms with E-state index in [-0.39, 0.29) is 6.54 Å². The Morgan fingerprint density at radius 3 is 2.59 bits per heavy atom. The van der Waals surface area contributed by atoms with E-state index in [1.807, 2.05) is 6.92 Å². The minimum absolute atomic E-state index is 0.212. The zero-order chi connectivity index (χ0) is 13.1.